The molecule has 0 amide bonds. The molecule has 0 spiro atoms. The number of rotatable bonds is 20. The van der Waals surface area contributed by atoms with Gasteiger partial charge in [0.15, 0.2) is 5.79 Å². The molecule has 0 aromatic heterocycles. The lowest BCUT2D eigenvalue weighted by Crippen LogP contribution is -2.30. The molecule has 32 heavy (non-hydrogen) atoms. The molecule has 0 bridgehead atoms. The lowest BCUT2D eigenvalue weighted by molar-refractivity contribution is -0.168. The van der Waals surface area contributed by atoms with E-state index in [-0.39, 0.29) is 11.4 Å². The lowest BCUT2D eigenvalue weighted by Gasteiger charge is -2.27. The molecule has 0 aromatic carbocycles. The topological polar surface area (TPSA) is 36.9 Å². The Hall–Kier alpha value is -0.420. The fourth-order valence-corrected chi connectivity index (χ4v) is 4.25. The van der Waals surface area contributed by atoms with E-state index in [0.29, 0.717) is 5.92 Å². The highest BCUT2D eigenvalue weighted by Crippen LogP contribution is 2.32. The van der Waals surface area contributed by atoms with E-state index in [2.05, 4.69) is 39.8 Å². The molecule has 0 saturated carbocycles. The van der Waals surface area contributed by atoms with Crippen LogP contribution in [0.25, 0.3) is 0 Å². The van der Waals surface area contributed by atoms with E-state index in [1.807, 2.05) is 0 Å². The average Bonchev–Trinajstić information content (AvgIpc) is 3.22. The molecule has 1 saturated heterocycles. The van der Waals surface area contributed by atoms with E-state index < -0.39 is 0 Å². The first kappa shape index (κ1) is 29.6. The van der Waals surface area contributed by atoms with Gasteiger partial charge in [0.1, 0.15) is 0 Å². The van der Waals surface area contributed by atoms with Gasteiger partial charge in [-0.1, -0.05) is 57.6 Å². The minimum Gasteiger partial charge on any atom is -0.385 e. The standard InChI is InChI=1S/C28H54O4/c1-6-7-8-13-16-20-28(30-23-24-31-28)21-17-14-11-9-10-12-15-18-26(19-22-29-5)25-32-27(2,3)4/h12,15,26H,6-11,13-14,16-25H2,1-5H3/b15-12+. The monoisotopic (exact) mass is 454 g/mol. The molecule has 4 heteroatoms. The highest BCUT2D eigenvalue weighted by Gasteiger charge is 2.35. The van der Waals surface area contributed by atoms with Gasteiger partial charge in [-0.15, -0.1) is 0 Å². The Labute approximate surface area is 199 Å². The van der Waals surface area contributed by atoms with Gasteiger partial charge in [0.25, 0.3) is 0 Å². The Morgan fingerprint density at radius 3 is 2.09 bits per heavy atom. The molecule has 1 fully saturated rings. The second kappa shape index (κ2) is 18.0. The van der Waals surface area contributed by atoms with Crippen molar-refractivity contribution >= 4 is 0 Å². The van der Waals surface area contributed by atoms with Gasteiger partial charge in [0.2, 0.25) is 0 Å². The van der Waals surface area contributed by atoms with Crippen LogP contribution in [0.2, 0.25) is 0 Å². The fourth-order valence-electron chi connectivity index (χ4n) is 4.25. The highest BCUT2D eigenvalue weighted by atomic mass is 16.7. The van der Waals surface area contributed by atoms with Gasteiger partial charge in [0.05, 0.1) is 25.4 Å². The third kappa shape index (κ3) is 15.4. The predicted molar refractivity (Wildman–Crippen MR) is 135 cm³/mol. The molecule has 1 atom stereocenters. The SMILES string of the molecule is CCCCCCCC1(CCCCCC/C=C/CC(CCOC)COC(C)(C)C)OCCO1. The molecule has 0 aliphatic carbocycles. The zero-order chi connectivity index (χ0) is 23.5. The molecule has 1 unspecified atom stereocenters. The van der Waals surface area contributed by atoms with Crippen molar-refractivity contribution in [1.29, 1.82) is 0 Å². The van der Waals surface area contributed by atoms with Crippen molar-refractivity contribution in [3.63, 3.8) is 0 Å². The van der Waals surface area contributed by atoms with Crippen molar-refractivity contribution in [1.82, 2.24) is 0 Å². The van der Waals surface area contributed by atoms with Gasteiger partial charge < -0.3 is 18.9 Å². The Bertz CT molecular complexity index is 449. The normalized spacial score (nSPS) is 17.4. The van der Waals surface area contributed by atoms with Crippen LogP contribution in [0, 0.1) is 5.92 Å². The summed E-state index contributed by atoms with van der Waals surface area (Å²) in [5.74, 6) is 0.272. The minimum atomic E-state index is -0.265. The number of hydrogen-bond acceptors (Lipinski definition) is 4. The summed E-state index contributed by atoms with van der Waals surface area (Å²) < 4.78 is 23.4. The molecule has 0 radical (unpaired) electrons. The van der Waals surface area contributed by atoms with Gasteiger partial charge in [-0.05, 0) is 65.2 Å². The molecule has 1 aliphatic rings. The third-order valence-electron chi connectivity index (χ3n) is 6.27. The molecular weight excluding hydrogens is 400 g/mol. The summed E-state index contributed by atoms with van der Waals surface area (Å²) >= 11 is 0. The van der Waals surface area contributed by atoms with Crippen LogP contribution in [-0.4, -0.2) is 44.9 Å². The number of methoxy groups -OCH3 is 1. The van der Waals surface area contributed by atoms with Gasteiger partial charge >= 0.3 is 0 Å². The molecule has 1 rings (SSSR count). The Kier molecular flexibility index (Phi) is 16.6. The zero-order valence-electron chi connectivity index (χ0n) is 22.1. The van der Waals surface area contributed by atoms with Crippen molar-refractivity contribution in [3.05, 3.63) is 12.2 Å². The van der Waals surface area contributed by atoms with Gasteiger partial charge in [-0.25, -0.2) is 0 Å². The summed E-state index contributed by atoms with van der Waals surface area (Å²) in [6, 6.07) is 0. The molecule has 1 aliphatic heterocycles. The van der Waals surface area contributed by atoms with Gasteiger partial charge in [-0.2, -0.15) is 0 Å². The smallest absolute Gasteiger partial charge is 0.168 e. The maximum absolute atomic E-state index is 6.05. The second-order valence-electron chi connectivity index (χ2n) is 10.5. The second-order valence-corrected chi connectivity index (χ2v) is 10.5. The maximum Gasteiger partial charge on any atom is 0.168 e. The van der Waals surface area contributed by atoms with Crippen molar-refractivity contribution in [2.24, 2.45) is 5.92 Å². The van der Waals surface area contributed by atoms with E-state index in [0.717, 1.165) is 52.1 Å². The zero-order valence-corrected chi connectivity index (χ0v) is 22.1. The van der Waals surface area contributed by atoms with Crippen LogP contribution in [0.3, 0.4) is 0 Å². The molecule has 0 aromatic rings. The van der Waals surface area contributed by atoms with Crippen molar-refractivity contribution in [2.75, 3.05) is 33.5 Å². The van der Waals surface area contributed by atoms with Crippen LogP contribution >= 0.6 is 0 Å². The molecular formula is C28H54O4. The summed E-state index contributed by atoms with van der Waals surface area (Å²) in [7, 11) is 1.78. The van der Waals surface area contributed by atoms with Crippen LogP contribution in [0.4, 0.5) is 0 Å². The Morgan fingerprint density at radius 1 is 0.875 bits per heavy atom. The largest absolute Gasteiger partial charge is 0.385 e. The van der Waals surface area contributed by atoms with Crippen LogP contribution in [-0.2, 0) is 18.9 Å². The van der Waals surface area contributed by atoms with Crippen LogP contribution < -0.4 is 0 Å². The average molecular weight is 455 g/mol. The molecule has 190 valence electrons. The molecule has 0 N–H and O–H groups in total. The van der Waals surface area contributed by atoms with Gasteiger partial charge in [-0.3, -0.25) is 0 Å². The number of unbranched alkanes of at least 4 members (excludes halogenated alkanes) is 8. The van der Waals surface area contributed by atoms with Crippen molar-refractivity contribution in [2.45, 2.75) is 129 Å². The predicted octanol–water partition coefficient (Wildman–Crippen LogP) is 7.84. The number of hydrogen-bond donors (Lipinski definition) is 0. The number of allylic oxidation sites excluding steroid dienone is 2. The summed E-state index contributed by atoms with van der Waals surface area (Å²) in [6.07, 6.45) is 21.7. The third-order valence-corrected chi connectivity index (χ3v) is 6.27. The van der Waals surface area contributed by atoms with Crippen LogP contribution in [0.5, 0.6) is 0 Å². The molecule has 1 heterocycles. The van der Waals surface area contributed by atoms with Crippen LogP contribution in [0.15, 0.2) is 12.2 Å². The summed E-state index contributed by atoms with van der Waals surface area (Å²) in [5, 5.41) is 0. The summed E-state index contributed by atoms with van der Waals surface area (Å²) in [4.78, 5) is 0. The lowest BCUT2D eigenvalue weighted by atomic mass is 9.99. The van der Waals surface area contributed by atoms with E-state index in [1.54, 1.807) is 7.11 Å². The van der Waals surface area contributed by atoms with E-state index in [4.69, 9.17) is 18.9 Å². The summed E-state index contributed by atoms with van der Waals surface area (Å²) in [6.45, 7) is 11.8. The number of ether oxygens (including phenoxy) is 4. The first-order valence-corrected chi connectivity index (χ1v) is 13.5. The van der Waals surface area contributed by atoms with Crippen molar-refractivity contribution in [3.8, 4) is 0 Å². The summed E-state index contributed by atoms with van der Waals surface area (Å²) in [5.41, 5.74) is -0.0722. The van der Waals surface area contributed by atoms with E-state index in [1.165, 1.54) is 64.2 Å². The molecule has 4 nitrogen and oxygen atoms in total. The fraction of sp³-hybridized carbons (Fsp3) is 0.929. The van der Waals surface area contributed by atoms with E-state index in [9.17, 15) is 0 Å². The minimum absolute atomic E-state index is 0.0722. The highest BCUT2D eigenvalue weighted by molar-refractivity contribution is 4.84. The maximum atomic E-state index is 6.05. The quantitative estimate of drug-likeness (QED) is 0.139. The first-order chi connectivity index (χ1) is 15.4. The van der Waals surface area contributed by atoms with Gasteiger partial charge in [0, 0.05) is 26.6 Å². The van der Waals surface area contributed by atoms with Crippen molar-refractivity contribution < 1.29 is 18.9 Å². The Morgan fingerprint density at radius 2 is 1.50 bits per heavy atom. The van der Waals surface area contributed by atoms with Crippen LogP contribution in [0.1, 0.15) is 118 Å². The Balaban J connectivity index is 2.14. The van der Waals surface area contributed by atoms with E-state index >= 15 is 0 Å². The first-order valence-electron chi connectivity index (χ1n) is 13.5.